The summed E-state index contributed by atoms with van der Waals surface area (Å²) in [5, 5.41) is 0. The molecule has 1 aliphatic carbocycles. The van der Waals surface area contributed by atoms with Crippen molar-refractivity contribution in [2.45, 2.75) is 64.9 Å². The van der Waals surface area contributed by atoms with Crippen LogP contribution in [0, 0.1) is 11.8 Å². The lowest BCUT2D eigenvalue weighted by molar-refractivity contribution is -0.0740. The molecule has 2 heteroatoms. The molecule has 1 aliphatic rings. The molecule has 1 nitrogen and oxygen atoms in total. The first kappa shape index (κ1) is 14.7. The minimum atomic E-state index is 0.209. The smallest absolute Gasteiger partial charge is 0.0774 e. The lowest BCUT2D eigenvalue weighted by Crippen LogP contribution is -2.40. The van der Waals surface area contributed by atoms with Crippen molar-refractivity contribution >= 4 is 22.6 Å². The Morgan fingerprint density at radius 3 is 2.81 bits per heavy atom. The third-order valence-electron chi connectivity index (χ3n) is 3.75. The van der Waals surface area contributed by atoms with Gasteiger partial charge >= 0.3 is 0 Å². The molecule has 3 atom stereocenters. The van der Waals surface area contributed by atoms with Crippen LogP contribution in [0.2, 0.25) is 0 Å². The summed E-state index contributed by atoms with van der Waals surface area (Å²) in [6.45, 7) is 7.91. The number of ether oxygens (including phenoxy) is 1. The number of halogens is 1. The molecule has 0 heterocycles. The molecule has 1 fully saturated rings. The van der Waals surface area contributed by atoms with E-state index in [0.29, 0.717) is 0 Å². The Morgan fingerprint density at radius 1 is 1.50 bits per heavy atom. The Balaban J connectivity index is 2.40. The van der Waals surface area contributed by atoms with Gasteiger partial charge in [0.1, 0.15) is 0 Å². The van der Waals surface area contributed by atoms with Crippen LogP contribution in [0.3, 0.4) is 0 Å². The summed E-state index contributed by atoms with van der Waals surface area (Å²) in [5.74, 6) is 1.58. The number of hydrogen-bond acceptors (Lipinski definition) is 1. The van der Waals surface area contributed by atoms with Crippen molar-refractivity contribution in [2.24, 2.45) is 11.8 Å². The maximum atomic E-state index is 6.30. The highest BCUT2D eigenvalue weighted by Crippen LogP contribution is 2.37. The number of rotatable bonds is 6. The molecule has 0 aromatic carbocycles. The van der Waals surface area contributed by atoms with Crippen LogP contribution in [0.5, 0.6) is 0 Å². The molecule has 0 N–H and O–H groups in total. The lowest BCUT2D eigenvalue weighted by atomic mass is 9.80. The van der Waals surface area contributed by atoms with Crippen LogP contribution >= 0.6 is 22.6 Å². The Kier molecular flexibility index (Phi) is 6.63. The van der Waals surface area contributed by atoms with E-state index in [-0.39, 0.29) is 5.60 Å². The van der Waals surface area contributed by atoms with Gasteiger partial charge in [0, 0.05) is 11.0 Å². The summed E-state index contributed by atoms with van der Waals surface area (Å²) in [6, 6.07) is 0. The van der Waals surface area contributed by atoms with Gasteiger partial charge in [0.25, 0.3) is 0 Å². The maximum absolute atomic E-state index is 6.30. The van der Waals surface area contributed by atoms with Crippen molar-refractivity contribution in [1.82, 2.24) is 0 Å². The zero-order valence-electron chi connectivity index (χ0n) is 11.1. The van der Waals surface area contributed by atoms with E-state index in [1.807, 2.05) is 0 Å². The van der Waals surface area contributed by atoms with Gasteiger partial charge in [0.15, 0.2) is 0 Å². The fraction of sp³-hybridized carbons (Fsp3) is 1.00. The third kappa shape index (κ3) is 4.52. The molecule has 0 saturated heterocycles. The van der Waals surface area contributed by atoms with E-state index in [4.69, 9.17) is 4.74 Å². The van der Waals surface area contributed by atoms with Crippen molar-refractivity contribution in [2.75, 3.05) is 11.0 Å². The molecule has 0 spiro atoms. The molecule has 1 saturated carbocycles. The molecular weight excluding hydrogens is 311 g/mol. The minimum absolute atomic E-state index is 0.209. The van der Waals surface area contributed by atoms with E-state index in [1.165, 1.54) is 38.5 Å². The highest BCUT2D eigenvalue weighted by Gasteiger charge is 2.35. The first-order valence-corrected chi connectivity index (χ1v) is 8.34. The monoisotopic (exact) mass is 338 g/mol. The predicted molar refractivity (Wildman–Crippen MR) is 79.3 cm³/mol. The zero-order chi connectivity index (χ0) is 12.0. The molecule has 0 aromatic heterocycles. The van der Waals surface area contributed by atoms with Crippen molar-refractivity contribution in [1.29, 1.82) is 0 Å². The first-order valence-electron chi connectivity index (χ1n) is 6.82. The van der Waals surface area contributed by atoms with Gasteiger partial charge < -0.3 is 4.74 Å². The van der Waals surface area contributed by atoms with Crippen molar-refractivity contribution in [3.63, 3.8) is 0 Å². The van der Waals surface area contributed by atoms with Crippen molar-refractivity contribution < 1.29 is 4.74 Å². The Morgan fingerprint density at radius 2 is 2.25 bits per heavy atom. The molecule has 96 valence electrons. The average Bonchev–Trinajstić information content (AvgIpc) is 2.27. The van der Waals surface area contributed by atoms with Gasteiger partial charge in [-0.25, -0.2) is 0 Å². The molecule has 1 rings (SSSR count). The van der Waals surface area contributed by atoms with E-state index in [1.54, 1.807) is 0 Å². The van der Waals surface area contributed by atoms with E-state index in [2.05, 4.69) is 43.4 Å². The Bertz CT molecular complexity index is 195. The van der Waals surface area contributed by atoms with E-state index in [0.717, 1.165) is 22.9 Å². The minimum Gasteiger partial charge on any atom is -0.374 e. The van der Waals surface area contributed by atoms with Crippen LogP contribution in [-0.2, 0) is 4.74 Å². The third-order valence-corrected chi connectivity index (χ3v) is 5.14. The largest absolute Gasteiger partial charge is 0.374 e. The normalized spacial score (nSPS) is 32.6. The molecule has 0 aromatic rings. The second-order valence-electron chi connectivity index (χ2n) is 5.72. The molecule has 16 heavy (non-hydrogen) atoms. The van der Waals surface area contributed by atoms with Crippen molar-refractivity contribution in [3.05, 3.63) is 0 Å². The summed E-state index contributed by atoms with van der Waals surface area (Å²) >= 11 is 2.51. The average molecular weight is 338 g/mol. The SMILES string of the molecule is CCCC(C)COC1(CI)CCCC(C)C1. The summed E-state index contributed by atoms with van der Waals surface area (Å²) < 4.78 is 7.46. The van der Waals surface area contributed by atoms with Crippen LogP contribution in [0.25, 0.3) is 0 Å². The zero-order valence-corrected chi connectivity index (χ0v) is 13.3. The highest BCUT2D eigenvalue weighted by molar-refractivity contribution is 14.1. The topological polar surface area (TPSA) is 9.23 Å². The van der Waals surface area contributed by atoms with Gasteiger partial charge in [0.05, 0.1) is 5.60 Å². The van der Waals surface area contributed by atoms with E-state index < -0.39 is 0 Å². The fourth-order valence-corrected chi connectivity index (χ4v) is 3.71. The molecule has 3 unspecified atom stereocenters. The van der Waals surface area contributed by atoms with E-state index in [9.17, 15) is 0 Å². The maximum Gasteiger partial charge on any atom is 0.0774 e. The van der Waals surface area contributed by atoms with Crippen LogP contribution < -0.4 is 0 Å². The Hall–Kier alpha value is 0.690. The van der Waals surface area contributed by atoms with Gasteiger partial charge in [-0.2, -0.15) is 0 Å². The van der Waals surface area contributed by atoms with Crippen molar-refractivity contribution in [3.8, 4) is 0 Å². The van der Waals surface area contributed by atoms with Gasteiger partial charge in [-0.3, -0.25) is 0 Å². The molecular formula is C14H27IO. The lowest BCUT2D eigenvalue weighted by Gasteiger charge is -2.39. The van der Waals surface area contributed by atoms with Crippen LogP contribution in [-0.4, -0.2) is 16.6 Å². The highest BCUT2D eigenvalue weighted by atomic mass is 127. The second-order valence-corrected chi connectivity index (χ2v) is 6.49. The van der Waals surface area contributed by atoms with Crippen LogP contribution in [0.15, 0.2) is 0 Å². The van der Waals surface area contributed by atoms with Gasteiger partial charge in [-0.15, -0.1) is 0 Å². The summed E-state index contributed by atoms with van der Waals surface area (Å²) in [5.41, 5.74) is 0.209. The molecule has 0 amide bonds. The molecule has 0 bridgehead atoms. The number of alkyl halides is 1. The van der Waals surface area contributed by atoms with Gasteiger partial charge in [-0.1, -0.05) is 62.6 Å². The standard InChI is InChI=1S/C14H27IO/c1-4-6-13(3)10-16-14(11-15)8-5-7-12(2)9-14/h12-13H,4-11H2,1-3H3. The molecule has 0 aliphatic heterocycles. The first-order chi connectivity index (χ1) is 7.62. The second kappa shape index (κ2) is 7.20. The summed E-state index contributed by atoms with van der Waals surface area (Å²) in [4.78, 5) is 0. The van der Waals surface area contributed by atoms with Gasteiger partial charge in [0.2, 0.25) is 0 Å². The predicted octanol–water partition coefficient (Wildman–Crippen LogP) is 4.82. The van der Waals surface area contributed by atoms with Gasteiger partial charge in [-0.05, 0) is 31.1 Å². The van der Waals surface area contributed by atoms with E-state index >= 15 is 0 Å². The Labute approximate surface area is 115 Å². The van der Waals surface area contributed by atoms with Crippen LogP contribution in [0.1, 0.15) is 59.3 Å². The molecule has 0 radical (unpaired) electrons. The number of hydrogen-bond donors (Lipinski definition) is 0. The van der Waals surface area contributed by atoms with Crippen LogP contribution in [0.4, 0.5) is 0 Å². The fourth-order valence-electron chi connectivity index (χ4n) is 2.80. The summed E-state index contributed by atoms with van der Waals surface area (Å²) in [6.07, 6.45) is 7.87. The summed E-state index contributed by atoms with van der Waals surface area (Å²) in [7, 11) is 0. The quantitative estimate of drug-likeness (QED) is 0.498.